The predicted molar refractivity (Wildman–Crippen MR) is 98.3 cm³/mol. The molecular formula is C17H18N2O3S2. The molecule has 2 rings (SSSR count). The summed E-state index contributed by atoms with van der Waals surface area (Å²) in [5.74, 6) is 0.0200. The summed E-state index contributed by atoms with van der Waals surface area (Å²) in [6.07, 6.45) is 1.72. The van der Waals surface area contributed by atoms with Gasteiger partial charge in [0.1, 0.15) is 0 Å². The Balaban J connectivity index is 2.02. The molecule has 7 heteroatoms. The number of thiophene rings is 1. The maximum atomic E-state index is 12.7. The van der Waals surface area contributed by atoms with Gasteiger partial charge in [0.05, 0.1) is 16.7 Å². The number of non-ortho nitro benzene ring substituents is 1. The summed E-state index contributed by atoms with van der Waals surface area (Å²) in [5.41, 5.74) is 0.0457. The number of carbonyl (C=O) groups is 1. The molecule has 0 aliphatic heterocycles. The second kappa shape index (κ2) is 8.65. The van der Waals surface area contributed by atoms with Crippen LogP contribution in [-0.2, 0) is 11.3 Å². The Bertz CT molecular complexity index is 699. The van der Waals surface area contributed by atoms with E-state index in [0.29, 0.717) is 13.1 Å². The van der Waals surface area contributed by atoms with Gasteiger partial charge in [-0.25, -0.2) is 0 Å². The van der Waals surface area contributed by atoms with Gasteiger partial charge in [-0.3, -0.25) is 14.9 Å². The summed E-state index contributed by atoms with van der Waals surface area (Å²) >= 11 is 3.01. The van der Waals surface area contributed by atoms with E-state index in [2.05, 4.69) is 6.58 Å². The van der Waals surface area contributed by atoms with Gasteiger partial charge in [0, 0.05) is 28.5 Å². The Morgan fingerprint density at radius 1 is 1.42 bits per heavy atom. The Morgan fingerprint density at radius 2 is 2.12 bits per heavy atom. The summed E-state index contributed by atoms with van der Waals surface area (Å²) in [5, 5.41) is 12.4. The number of hydrogen-bond donors (Lipinski definition) is 0. The average molecular weight is 362 g/mol. The molecule has 126 valence electrons. The van der Waals surface area contributed by atoms with Crippen molar-refractivity contribution in [3.63, 3.8) is 0 Å². The van der Waals surface area contributed by atoms with Gasteiger partial charge in [0.2, 0.25) is 5.91 Å². The van der Waals surface area contributed by atoms with E-state index in [0.717, 1.165) is 9.77 Å². The van der Waals surface area contributed by atoms with E-state index in [9.17, 15) is 14.9 Å². The van der Waals surface area contributed by atoms with E-state index in [-0.39, 0.29) is 16.8 Å². The number of carbonyl (C=O) groups excluding carboxylic acids is 1. The minimum atomic E-state index is -0.435. The largest absolute Gasteiger partial charge is 0.333 e. The van der Waals surface area contributed by atoms with E-state index in [1.54, 1.807) is 34.4 Å². The summed E-state index contributed by atoms with van der Waals surface area (Å²) in [7, 11) is 0. The first-order valence-corrected chi connectivity index (χ1v) is 9.10. The highest BCUT2D eigenvalue weighted by molar-refractivity contribution is 8.00. The number of nitrogens with zero attached hydrogens (tertiary/aromatic N) is 2. The molecule has 1 aromatic carbocycles. The van der Waals surface area contributed by atoms with Crippen LogP contribution in [0.3, 0.4) is 0 Å². The molecule has 1 aromatic heterocycles. The minimum absolute atomic E-state index is 0.0200. The monoisotopic (exact) mass is 362 g/mol. The van der Waals surface area contributed by atoms with Crippen molar-refractivity contribution in [1.82, 2.24) is 4.90 Å². The molecule has 0 spiro atoms. The highest BCUT2D eigenvalue weighted by atomic mass is 32.2. The first-order valence-electron chi connectivity index (χ1n) is 7.34. The van der Waals surface area contributed by atoms with Crippen molar-refractivity contribution in [2.75, 3.05) is 6.54 Å². The lowest BCUT2D eigenvalue weighted by atomic mass is 10.3. The Labute approximate surface area is 149 Å². The number of thioether (sulfide) groups is 1. The lowest BCUT2D eigenvalue weighted by Gasteiger charge is -2.24. The van der Waals surface area contributed by atoms with Crippen molar-refractivity contribution in [3.8, 4) is 0 Å². The second-order valence-corrected chi connectivity index (χ2v) is 7.54. The summed E-state index contributed by atoms with van der Waals surface area (Å²) < 4.78 is 0. The van der Waals surface area contributed by atoms with Crippen LogP contribution in [0.2, 0.25) is 0 Å². The van der Waals surface area contributed by atoms with Crippen LogP contribution in [-0.4, -0.2) is 27.5 Å². The molecule has 1 amide bonds. The summed E-state index contributed by atoms with van der Waals surface area (Å²) in [4.78, 5) is 26.7. The second-order valence-electron chi connectivity index (χ2n) is 5.10. The fraction of sp³-hybridized carbons (Fsp3) is 0.235. The van der Waals surface area contributed by atoms with Crippen molar-refractivity contribution in [2.24, 2.45) is 0 Å². The van der Waals surface area contributed by atoms with Crippen LogP contribution in [0.1, 0.15) is 11.8 Å². The first kappa shape index (κ1) is 18.2. The molecule has 0 aliphatic carbocycles. The van der Waals surface area contributed by atoms with Crippen LogP contribution >= 0.6 is 23.1 Å². The maximum absolute atomic E-state index is 12.7. The fourth-order valence-electron chi connectivity index (χ4n) is 2.14. The molecule has 0 N–H and O–H groups in total. The number of rotatable bonds is 8. The van der Waals surface area contributed by atoms with Crippen molar-refractivity contribution in [2.45, 2.75) is 23.6 Å². The van der Waals surface area contributed by atoms with Crippen molar-refractivity contribution >= 4 is 34.7 Å². The zero-order valence-electron chi connectivity index (χ0n) is 13.3. The smallest absolute Gasteiger partial charge is 0.269 e. The lowest BCUT2D eigenvalue weighted by molar-refractivity contribution is -0.384. The molecule has 0 bridgehead atoms. The van der Waals surface area contributed by atoms with Gasteiger partial charge in [-0.1, -0.05) is 12.1 Å². The van der Waals surface area contributed by atoms with E-state index < -0.39 is 4.92 Å². The van der Waals surface area contributed by atoms with Gasteiger partial charge in [0.15, 0.2) is 0 Å². The molecule has 2 aromatic rings. The van der Waals surface area contributed by atoms with Gasteiger partial charge >= 0.3 is 0 Å². The zero-order valence-corrected chi connectivity index (χ0v) is 14.9. The number of benzene rings is 1. The normalized spacial score (nSPS) is 11.7. The topological polar surface area (TPSA) is 63.5 Å². The molecule has 0 saturated heterocycles. The van der Waals surface area contributed by atoms with Crippen molar-refractivity contribution in [3.05, 3.63) is 69.4 Å². The number of amides is 1. The molecule has 24 heavy (non-hydrogen) atoms. The van der Waals surface area contributed by atoms with Gasteiger partial charge in [-0.2, -0.15) is 0 Å². The Hall–Kier alpha value is -2.12. The van der Waals surface area contributed by atoms with E-state index >= 15 is 0 Å². The van der Waals surface area contributed by atoms with Crippen molar-refractivity contribution in [1.29, 1.82) is 0 Å². The lowest BCUT2D eigenvalue weighted by Crippen LogP contribution is -2.36. The third-order valence-corrected chi connectivity index (χ3v) is 5.26. The third-order valence-electron chi connectivity index (χ3n) is 3.30. The van der Waals surface area contributed by atoms with E-state index in [4.69, 9.17) is 0 Å². The van der Waals surface area contributed by atoms with Crippen LogP contribution in [0.25, 0.3) is 0 Å². The van der Waals surface area contributed by atoms with Gasteiger partial charge in [0.25, 0.3) is 5.69 Å². The number of hydrogen-bond acceptors (Lipinski definition) is 5. The van der Waals surface area contributed by atoms with Crippen molar-refractivity contribution < 1.29 is 9.72 Å². The number of nitro groups is 1. The fourth-order valence-corrected chi connectivity index (χ4v) is 3.81. The van der Waals surface area contributed by atoms with Crippen LogP contribution in [0.4, 0.5) is 5.69 Å². The zero-order chi connectivity index (χ0) is 17.5. The molecular weight excluding hydrogens is 344 g/mol. The molecule has 0 radical (unpaired) electrons. The summed E-state index contributed by atoms with van der Waals surface area (Å²) in [6.45, 7) is 6.62. The molecule has 5 nitrogen and oxygen atoms in total. The van der Waals surface area contributed by atoms with Gasteiger partial charge < -0.3 is 4.90 Å². The standard InChI is InChI=1S/C17H18N2O3S2/c1-3-10-18(12-16-5-4-11-23-16)17(20)13(2)24-15-8-6-14(7-9-15)19(21)22/h3-9,11,13H,1,10,12H2,2H3. The van der Waals surface area contributed by atoms with Crippen LogP contribution in [0, 0.1) is 10.1 Å². The molecule has 1 atom stereocenters. The quantitative estimate of drug-likeness (QED) is 0.303. The van der Waals surface area contributed by atoms with Crippen LogP contribution in [0.15, 0.2) is 59.3 Å². The predicted octanol–water partition coefficient (Wildman–Crippen LogP) is 4.35. The SMILES string of the molecule is C=CCN(Cc1cccs1)C(=O)C(C)Sc1ccc([N+](=O)[O-])cc1. The van der Waals surface area contributed by atoms with Gasteiger partial charge in [-0.15, -0.1) is 29.7 Å². The van der Waals surface area contributed by atoms with Gasteiger partial charge in [-0.05, 0) is 30.5 Å². The third kappa shape index (κ3) is 4.94. The Kier molecular flexibility index (Phi) is 6.57. The van der Waals surface area contributed by atoms with E-state index in [1.165, 1.54) is 23.9 Å². The highest BCUT2D eigenvalue weighted by Gasteiger charge is 2.21. The molecule has 1 unspecified atom stereocenters. The maximum Gasteiger partial charge on any atom is 0.269 e. The summed E-state index contributed by atoms with van der Waals surface area (Å²) in [6, 6.07) is 10.2. The molecule has 1 heterocycles. The minimum Gasteiger partial charge on any atom is -0.333 e. The highest BCUT2D eigenvalue weighted by Crippen LogP contribution is 2.27. The first-order chi connectivity index (χ1) is 11.5. The average Bonchev–Trinajstić information content (AvgIpc) is 3.07. The molecule has 0 fully saturated rings. The molecule has 0 aliphatic rings. The Morgan fingerprint density at radius 3 is 2.67 bits per heavy atom. The van der Waals surface area contributed by atoms with E-state index in [1.807, 2.05) is 24.4 Å². The number of nitro benzene ring substituents is 1. The van der Waals surface area contributed by atoms with Crippen LogP contribution in [0.5, 0.6) is 0 Å². The molecule has 0 saturated carbocycles. The van der Waals surface area contributed by atoms with Crippen LogP contribution < -0.4 is 0 Å².